The first-order chi connectivity index (χ1) is 35.2. The van der Waals surface area contributed by atoms with Gasteiger partial charge in [-0.2, -0.15) is 0 Å². The summed E-state index contributed by atoms with van der Waals surface area (Å²) >= 11 is 0. The van der Waals surface area contributed by atoms with E-state index in [1.165, 1.54) is 22.3 Å². The predicted octanol–water partition coefficient (Wildman–Crippen LogP) is 19.4. The van der Waals surface area contributed by atoms with Gasteiger partial charge in [0.1, 0.15) is 22.3 Å². The molecule has 0 radical (unpaired) electrons. The van der Waals surface area contributed by atoms with Crippen LogP contribution in [0, 0.1) is 0 Å². The fraction of sp³-hybridized carbons (Fsp3) is 0.0882. The van der Waals surface area contributed by atoms with E-state index in [1.54, 1.807) is 0 Å². The van der Waals surface area contributed by atoms with Crippen LogP contribution in [-0.2, 0) is 10.8 Å². The largest absolute Gasteiger partial charge is 0.456 e. The molecular weight excluding hydrogens is 877 g/mol. The Hall–Kier alpha value is -8.86. The minimum atomic E-state index is -0.133. The van der Waals surface area contributed by atoms with Crippen molar-refractivity contribution in [2.45, 2.75) is 38.5 Å². The number of para-hydroxylation sites is 2. The number of benzene rings is 11. The van der Waals surface area contributed by atoms with Crippen LogP contribution in [0.4, 0.5) is 34.1 Å². The average Bonchev–Trinajstić information content (AvgIpc) is 3.98. The van der Waals surface area contributed by atoms with Gasteiger partial charge in [0, 0.05) is 66.5 Å². The zero-order chi connectivity index (χ0) is 48.6. The van der Waals surface area contributed by atoms with Crippen molar-refractivity contribution in [2.75, 3.05) is 9.80 Å². The van der Waals surface area contributed by atoms with Crippen molar-refractivity contribution in [2.24, 2.45) is 0 Å². The highest BCUT2D eigenvalue weighted by Gasteiger charge is 2.26. The summed E-state index contributed by atoms with van der Waals surface area (Å²) in [6, 6.07) is 87.3. The van der Waals surface area contributed by atoms with Crippen LogP contribution in [0.15, 0.2) is 251 Å². The van der Waals surface area contributed by atoms with E-state index in [-0.39, 0.29) is 10.8 Å². The molecule has 0 aliphatic carbocycles. The molecule has 346 valence electrons. The molecule has 0 unspecified atom stereocenters. The van der Waals surface area contributed by atoms with Gasteiger partial charge in [0.05, 0.1) is 0 Å². The third-order valence-electron chi connectivity index (χ3n) is 15.2. The molecule has 0 spiro atoms. The smallest absolute Gasteiger partial charge is 0.136 e. The molecule has 0 fully saturated rings. The van der Waals surface area contributed by atoms with Gasteiger partial charge >= 0.3 is 0 Å². The average molecular weight is 929 g/mol. The summed E-state index contributed by atoms with van der Waals surface area (Å²) in [6.45, 7) is 9.17. The maximum atomic E-state index is 6.74. The maximum absolute atomic E-state index is 6.74. The third-order valence-corrected chi connectivity index (χ3v) is 15.2. The van der Waals surface area contributed by atoms with Crippen molar-refractivity contribution in [1.29, 1.82) is 0 Å². The van der Waals surface area contributed by atoms with E-state index in [0.717, 1.165) is 99.5 Å². The number of nitrogens with zero attached hydrogens (tertiary/aromatic N) is 2. The molecule has 2 heterocycles. The second kappa shape index (κ2) is 16.9. The van der Waals surface area contributed by atoms with E-state index in [2.05, 4.69) is 280 Å². The summed E-state index contributed by atoms with van der Waals surface area (Å²) in [5.41, 5.74) is 14.8. The second-order valence-electron chi connectivity index (χ2n) is 20.2. The lowest BCUT2D eigenvalue weighted by molar-refractivity contribution is 0.641. The first-order valence-corrected chi connectivity index (χ1v) is 24.9. The van der Waals surface area contributed by atoms with E-state index in [4.69, 9.17) is 8.83 Å². The Morgan fingerprint density at radius 3 is 0.958 bits per heavy atom. The number of hydrogen-bond acceptors (Lipinski definition) is 4. The first-order valence-electron chi connectivity index (χ1n) is 24.9. The summed E-state index contributed by atoms with van der Waals surface area (Å²) in [4.78, 5) is 4.67. The lowest BCUT2D eigenvalue weighted by atomic mass is 9.78. The van der Waals surface area contributed by atoms with Crippen molar-refractivity contribution >= 4 is 99.5 Å². The van der Waals surface area contributed by atoms with Gasteiger partial charge in [0.2, 0.25) is 0 Å². The highest BCUT2D eigenvalue weighted by molar-refractivity contribution is 6.28. The molecule has 0 bridgehead atoms. The van der Waals surface area contributed by atoms with Crippen molar-refractivity contribution in [3.63, 3.8) is 0 Å². The van der Waals surface area contributed by atoms with Crippen LogP contribution in [0.2, 0.25) is 0 Å². The van der Waals surface area contributed by atoms with Gasteiger partial charge < -0.3 is 18.6 Å². The van der Waals surface area contributed by atoms with Crippen LogP contribution >= 0.6 is 0 Å². The topological polar surface area (TPSA) is 32.8 Å². The first kappa shape index (κ1) is 43.2. The van der Waals surface area contributed by atoms with Crippen molar-refractivity contribution in [3.05, 3.63) is 265 Å². The highest BCUT2D eigenvalue weighted by atomic mass is 16.3. The van der Waals surface area contributed by atoms with Gasteiger partial charge in [-0.05, 0) is 153 Å². The summed E-state index contributed by atoms with van der Waals surface area (Å²) < 4.78 is 13.5. The minimum Gasteiger partial charge on any atom is -0.456 e. The summed E-state index contributed by atoms with van der Waals surface area (Å²) in [7, 11) is 0. The summed E-state index contributed by atoms with van der Waals surface area (Å²) in [5.74, 6) is 0. The molecule has 72 heavy (non-hydrogen) atoms. The van der Waals surface area contributed by atoms with Gasteiger partial charge in [0.25, 0.3) is 0 Å². The van der Waals surface area contributed by atoms with Gasteiger partial charge in [-0.3, -0.25) is 0 Å². The van der Waals surface area contributed by atoms with Crippen molar-refractivity contribution in [1.82, 2.24) is 0 Å². The van der Waals surface area contributed by atoms with Crippen LogP contribution in [0.1, 0.15) is 49.9 Å². The Balaban J connectivity index is 0.872. The van der Waals surface area contributed by atoms with Gasteiger partial charge in [-0.25, -0.2) is 0 Å². The molecule has 0 amide bonds. The zero-order valence-corrected chi connectivity index (χ0v) is 40.8. The Bertz CT molecular complexity index is 3850. The van der Waals surface area contributed by atoms with E-state index < -0.39 is 0 Å². The van der Waals surface area contributed by atoms with Crippen LogP contribution in [0.5, 0.6) is 0 Å². The number of anilines is 6. The molecule has 4 nitrogen and oxygen atoms in total. The van der Waals surface area contributed by atoms with E-state index in [1.807, 2.05) is 0 Å². The fourth-order valence-corrected chi connectivity index (χ4v) is 11.0. The SMILES string of the molecule is CC(C)(c1ccccc1)c1ccc(N(c2ccccc2)c2ccc3cc4c(cc3c2)oc2ccc3oc5cc6cc(N(c7ccccc7)c7ccc(C(C)(C)c8ccccc8)cc7)ccc6cc5c3c24)cc1. The molecule has 0 atom stereocenters. The quantitative estimate of drug-likeness (QED) is 0.137. The molecular formula is C68H52N2O2. The molecule has 0 aliphatic rings. The van der Waals surface area contributed by atoms with Gasteiger partial charge in [-0.1, -0.05) is 161 Å². The molecule has 4 heteroatoms. The Labute approximate surface area is 419 Å². The molecule has 13 aromatic rings. The highest BCUT2D eigenvalue weighted by Crippen LogP contribution is 2.45. The Morgan fingerprint density at radius 2 is 0.583 bits per heavy atom. The lowest BCUT2D eigenvalue weighted by Crippen LogP contribution is -2.19. The van der Waals surface area contributed by atoms with E-state index in [9.17, 15) is 0 Å². The molecule has 13 rings (SSSR count). The molecule has 0 saturated heterocycles. The lowest BCUT2D eigenvalue weighted by Gasteiger charge is -2.29. The molecule has 11 aromatic carbocycles. The van der Waals surface area contributed by atoms with E-state index >= 15 is 0 Å². The molecule has 0 aliphatic heterocycles. The van der Waals surface area contributed by atoms with Gasteiger partial charge in [-0.15, -0.1) is 0 Å². The number of hydrogen-bond donors (Lipinski definition) is 0. The summed E-state index contributed by atoms with van der Waals surface area (Å²) in [6.07, 6.45) is 0. The Morgan fingerprint density at radius 1 is 0.264 bits per heavy atom. The molecule has 2 aromatic heterocycles. The summed E-state index contributed by atoms with van der Waals surface area (Å²) in [5, 5.41) is 8.78. The fourth-order valence-electron chi connectivity index (χ4n) is 11.0. The van der Waals surface area contributed by atoms with Gasteiger partial charge in [0.15, 0.2) is 0 Å². The Kier molecular flexibility index (Phi) is 10.2. The van der Waals surface area contributed by atoms with Crippen LogP contribution in [0.25, 0.3) is 65.4 Å². The molecule has 0 saturated carbocycles. The van der Waals surface area contributed by atoms with E-state index in [0.29, 0.717) is 0 Å². The number of fused-ring (bicyclic) bond motifs is 9. The van der Waals surface area contributed by atoms with Crippen molar-refractivity contribution in [3.8, 4) is 0 Å². The normalized spacial score (nSPS) is 12.2. The standard InChI is InChI=1S/C68H52N2O2/c1-67(2,49-17-9-5-10-18-49)51-27-33-55(34-28-51)69(53-21-13-7-14-22-53)57-31-25-45-41-59-63(43-47(45)39-57)71-61-37-38-62-66(65(59)61)60-42-46-26-32-58(40-48(46)44-64(60)72-62)70(54-23-15-8-16-24-54)56-35-29-52(30-36-56)68(3,4)50-19-11-6-12-20-50/h5-44H,1-4H3. The number of rotatable bonds is 10. The van der Waals surface area contributed by atoms with Crippen molar-refractivity contribution < 1.29 is 8.83 Å². The zero-order valence-electron chi connectivity index (χ0n) is 40.8. The maximum Gasteiger partial charge on any atom is 0.136 e. The predicted molar refractivity (Wildman–Crippen MR) is 303 cm³/mol. The van der Waals surface area contributed by atoms with Crippen LogP contribution < -0.4 is 9.80 Å². The van der Waals surface area contributed by atoms with Crippen LogP contribution in [0.3, 0.4) is 0 Å². The van der Waals surface area contributed by atoms with Crippen LogP contribution in [-0.4, -0.2) is 0 Å². The third kappa shape index (κ3) is 7.29. The second-order valence-corrected chi connectivity index (χ2v) is 20.2. The minimum absolute atomic E-state index is 0.133. The monoisotopic (exact) mass is 928 g/mol. The molecule has 0 N–H and O–H groups in total. The number of furan rings is 2.